The number of anilines is 1. The molecule has 0 unspecified atom stereocenters. The van der Waals surface area contributed by atoms with Crippen LogP contribution in [-0.2, 0) is 6.18 Å². The summed E-state index contributed by atoms with van der Waals surface area (Å²) < 4.78 is 38.6. The second-order valence-corrected chi connectivity index (χ2v) is 7.45. The summed E-state index contributed by atoms with van der Waals surface area (Å²) in [6.45, 7) is 4.51. The molecule has 0 amide bonds. The Morgan fingerprint density at radius 2 is 1.65 bits per heavy atom. The van der Waals surface area contributed by atoms with Gasteiger partial charge in [0.1, 0.15) is 0 Å². The third-order valence-corrected chi connectivity index (χ3v) is 5.66. The molecule has 3 nitrogen and oxygen atoms in total. The molecule has 0 spiro atoms. The number of nitrogens with two attached hydrogens (primary N) is 1. The van der Waals surface area contributed by atoms with Gasteiger partial charge in [-0.2, -0.15) is 13.2 Å². The van der Waals surface area contributed by atoms with E-state index in [1.807, 2.05) is 0 Å². The molecule has 0 radical (unpaired) electrons. The van der Waals surface area contributed by atoms with E-state index in [0.29, 0.717) is 11.7 Å². The lowest BCUT2D eigenvalue weighted by molar-refractivity contribution is -0.137. The fourth-order valence-corrected chi connectivity index (χ4v) is 3.95. The van der Waals surface area contributed by atoms with E-state index in [4.69, 9.17) is 5.73 Å². The Morgan fingerprint density at radius 1 is 1.00 bits per heavy atom. The minimum Gasteiger partial charge on any atom is -0.369 e. The van der Waals surface area contributed by atoms with Gasteiger partial charge in [-0.15, -0.1) is 12.4 Å². The molecule has 1 saturated heterocycles. The smallest absolute Gasteiger partial charge is 0.369 e. The quantitative estimate of drug-likeness (QED) is 0.836. The van der Waals surface area contributed by atoms with Crippen molar-refractivity contribution in [2.75, 3.05) is 37.6 Å². The number of hydrogen-bond acceptors (Lipinski definition) is 3. The van der Waals surface area contributed by atoms with Crippen molar-refractivity contribution in [1.82, 2.24) is 4.90 Å². The average Bonchev–Trinajstić information content (AvgIpc) is 2.61. The third-order valence-electron chi connectivity index (χ3n) is 5.66. The highest BCUT2D eigenvalue weighted by atomic mass is 35.5. The minimum atomic E-state index is -4.28. The van der Waals surface area contributed by atoms with E-state index in [-0.39, 0.29) is 12.4 Å². The van der Waals surface area contributed by atoms with E-state index in [1.54, 1.807) is 6.07 Å². The second kappa shape index (κ2) is 9.29. The molecule has 0 atom stereocenters. The van der Waals surface area contributed by atoms with Gasteiger partial charge in [-0.25, -0.2) is 0 Å². The van der Waals surface area contributed by atoms with E-state index in [2.05, 4.69) is 9.80 Å². The summed E-state index contributed by atoms with van der Waals surface area (Å²) in [5, 5.41) is 0. The highest BCUT2D eigenvalue weighted by Gasteiger charge is 2.31. The van der Waals surface area contributed by atoms with Crippen LogP contribution in [0.3, 0.4) is 0 Å². The van der Waals surface area contributed by atoms with Crippen LogP contribution in [0.1, 0.15) is 37.7 Å². The third kappa shape index (κ3) is 5.76. The maximum Gasteiger partial charge on any atom is 0.416 e. The van der Waals surface area contributed by atoms with Crippen molar-refractivity contribution in [3.63, 3.8) is 0 Å². The van der Waals surface area contributed by atoms with Gasteiger partial charge in [0, 0.05) is 37.9 Å². The van der Waals surface area contributed by atoms with Crippen molar-refractivity contribution >= 4 is 18.1 Å². The topological polar surface area (TPSA) is 32.5 Å². The molecule has 1 aliphatic carbocycles. The van der Waals surface area contributed by atoms with Crippen molar-refractivity contribution in [2.24, 2.45) is 11.7 Å². The van der Waals surface area contributed by atoms with Crippen LogP contribution in [0.5, 0.6) is 0 Å². The molecule has 1 saturated carbocycles. The maximum absolute atomic E-state index is 12.9. The Hall–Kier alpha value is -0.980. The Labute approximate surface area is 160 Å². The normalized spacial score (nSPS) is 25.0. The summed E-state index contributed by atoms with van der Waals surface area (Å²) in [4.78, 5) is 4.50. The SMILES string of the molecule is Cl.NC1CCC(CCN2CCN(c3cccc(C(F)(F)F)c3)CC2)CC1. The molecular weight excluding hydrogens is 363 g/mol. The van der Waals surface area contributed by atoms with E-state index in [1.165, 1.54) is 31.4 Å². The van der Waals surface area contributed by atoms with E-state index in [9.17, 15) is 13.2 Å². The standard InChI is InChI=1S/C19H28F3N3.ClH/c20-19(21,22)16-2-1-3-18(14-16)25-12-10-24(11-13-25)9-8-15-4-6-17(23)7-5-15;/h1-3,14-15,17H,4-13,23H2;1H. The van der Waals surface area contributed by atoms with Gasteiger partial charge >= 0.3 is 6.18 Å². The summed E-state index contributed by atoms with van der Waals surface area (Å²) in [6, 6.07) is 6.07. The van der Waals surface area contributed by atoms with Crippen molar-refractivity contribution in [3.8, 4) is 0 Å². The Bertz CT molecular complexity index is 551. The molecule has 0 bridgehead atoms. The average molecular weight is 392 g/mol. The number of piperazine rings is 1. The molecule has 2 N–H and O–H groups in total. The van der Waals surface area contributed by atoms with Crippen LogP contribution >= 0.6 is 12.4 Å². The number of alkyl halides is 3. The molecule has 1 aliphatic heterocycles. The minimum absolute atomic E-state index is 0. The molecule has 0 aromatic heterocycles. The highest BCUT2D eigenvalue weighted by Crippen LogP contribution is 2.32. The van der Waals surface area contributed by atoms with Gasteiger partial charge in [-0.3, -0.25) is 4.90 Å². The first kappa shape index (κ1) is 21.3. The summed E-state index contributed by atoms with van der Waals surface area (Å²) >= 11 is 0. The molecule has 7 heteroatoms. The van der Waals surface area contributed by atoms with Crippen molar-refractivity contribution in [1.29, 1.82) is 0 Å². The van der Waals surface area contributed by atoms with Crippen LogP contribution in [0.4, 0.5) is 18.9 Å². The first-order chi connectivity index (χ1) is 11.9. The fourth-order valence-electron chi connectivity index (χ4n) is 3.95. The molecule has 26 heavy (non-hydrogen) atoms. The van der Waals surface area contributed by atoms with Gasteiger partial charge in [0.05, 0.1) is 5.56 Å². The molecule has 3 rings (SSSR count). The fraction of sp³-hybridized carbons (Fsp3) is 0.684. The first-order valence-electron chi connectivity index (χ1n) is 9.32. The second-order valence-electron chi connectivity index (χ2n) is 7.45. The Kier molecular flexibility index (Phi) is 7.62. The molecular formula is C19H29ClF3N3. The van der Waals surface area contributed by atoms with Crippen LogP contribution in [0.2, 0.25) is 0 Å². The Balaban J connectivity index is 0.00000243. The first-order valence-corrected chi connectivity index (χ1v) is 9.32. The molecule has 1 aromatic rings. The number of benzene rings is 1. The van der Waals surface area contributed by atoms with Crippen molar-refractivity contribution in [2.45, 2.75) is 44.3 Å². The van der Waals surface area contributed by atoms with Crippen molar-refractivity contribution in [3.05, 3.63) is 29.8 Å². The molecule has 2 aliphatic rings. The Morgan fingerprint density at radius 3 is 2.27 bits per heavy atom. The summed E-state index contributed by atoms with van der Waals surface area (Å²) in [6.07, 6.45) is 1.72. The zero-order chi connectivity index (χ0) is 17.9. The summed E-state index contributed by atoms with van der Waals surface area (Å²) in [7, 11) is 0. The number of halogens is 4. The number of hydrogen-bond donors (Lipinski definition) is 1. The predicted molar refractivity (Wildman–Crippen MR) is 102 cm³/mol. The molecule has 148 valence electrons. The number of rotatable bonds is 4. The lowest BCUT2D eigenvalue weighted by Gasteiger charge is -2.37. The van der Waals surface area contributed by atoms with Gasteiger partial charge in [-0.1, -0.05) is 6.07 Å². The maximum atomic E-state index is 12.9. The number of nitrogens with zero attached hydrogens (tertiary/aromatic N) is 2. The predicted octanol–water partition coefficient (Wildman–Crippen LogP) is 4.16. The van der Waals surface area contributed by atoms with Crippen LogP contribution < -0.4 is 10.6 Å². The molecule has 1 aromatic carbocycles. The van der Waals surface area contributed by atoms with Gasteiger partial charge in [0.15, 0.2) is 0 Å². The van der Waals surface area contributed by atoms with Gasteiger partial charge < -0.3 is 10.6 Å². The van der Waals surface area contributed by atoms with Crippen LogP contribution in [0, 0.1) is 5.92 Å². The zero-order valence-electron chi connectivity index (χ0n) is 15.0. The molecule has 1 heterocycles. The van der Waals surface area contributed by atoms with Crippen molar-refractivity contribution < 1.29 is 13.2 Å². The van der Waals surface area contributed by atoms with Crippen LogP contribution in [0.15, 0.2) is 24.3 Å². The van der Waals surface area contributed by atoms with E-state index >= 15 is 0 Å². The van der Waals surface area contributed by atoms with Gasteiger partial charge in [0.2, 0.25) is 0 Å². The van der Waals surface area contributed by atoms with E-state index in [0.717, 1.165) is 57.5 Å². The summed E-state index contributed by atoms with van der Waals surface area (Å²) in [5.41, 5.74) is 6.07. The van der Waals surface area contributed by atoms with Gasteiger partial charge in [-0.05, 0) is 62.8 Å². The lowest BCUT2D eigenvalue weighted by Crippen LogP contribution is -2.47. The van der Waals surface area contributed by atoms with Gasteiger partial charge in [0.25, 0.3) is 0 Å². The highest BCUT2D eigenvalue weighted by molar-refractivity contribution is 5.85. The van der Waals surface area contributed by atoms with Crippen LogP contribution in [0.25, 0.3) is 0 Å². The lowest BCUT2D eigenvalue weighted by atomic mass is 9.84. The summed E-state index contributed by atoms with van der Waals surface area (Å²) in [5.74, 6) is 0.793. The zero-order valence-corrected chi connectivity index (χ0v) is 15.9. The molecule has 2 fully saturated rings. The largest absolute Gasteiger partial charge is 0.416 e. The monoisotopic (exact) mass is 391 g/mol. The van der Waals surface area contributed by atoms with Crippen LogP contribution in [-0.4, -0.2) is 43.7 Å². The van der Waals surface area contributed by atoms with E-state index < -0.39 is 11.7 Å².